The highest BCUT2D eigenvalue weighted by atomic mass is 35.5. The molecule has 104 valence electrons. The van der Waals surface area contributed by atoms with Gasteiger partial charge in [-0.05, 0) is 18.1 Å². The van der Waals surface area contributed by atoms with E-state index in [-0.39, 0.29) is 5.82 Å². The lowest BCUT2D eigenvalue weighted by molar-refractivity contribution is 0.479. The van der Waals surface area contributed by atoms with Crippen LogP contribution in [0, 0.1) is 11.7 Å². The highest BCUT2D eigenvalue weighted by Crippen LogP contribution is 2.33. The zero-order valence-corrected chi connectivity index (χ0v) is 12.7. The van der Waals surface area contributed by atoms with E-state index >= 15 is 0 Å². The number of aliphatic imine (C=N–C) groups is 1. The van der Waals surface area contributed by atoms with Crippen LogP contribution in [0.5, 0.6) is 0 Å². The summed E-state index contributed by atoms with van der Waals surface area (Å²) in [6.45, 7) is 5.20. The lowest BCUT2D eigenvalue weighted by Crippen LogP contribution is -2.17. The first-order valence-corrected chi connectivity index (χ1v) is 7.83. The van der Waals surface area contributed by atoms with Gasteiger partial charge in [0.1, 0.15) is 5.82 Å². The number of nitrogens with zero attached hydrogens (tertiary/aromatic N) is 1. The summed E-state index contributed by atoms with van der Waals surface area (Å²) >= 11 is 7.69. The SMILES string of the molecule is CCC(CC)C1CN=C(Nc2c(F)cccc2Cl)S1. The van der Waals surface area contributed by atoms with Crippen molar-refractivity contribution in [1.29, 1.82) is 0 Å². The van der Waals surface area contributed by atoms with Gasteiger partial charge in [-0.2, -0.15) is 0 Å². The Morgan fingerprint density at radius 2 is 2.21 bits per heavy atom. The van der Waals surface area contributed by atoms with Gasteiger partial charge < -0.3 is 5.32 Å². The minimum atomic E-state index is -0.346. The van der Waals surface area contributed by atoms with Crippen LogP contribution >= 0.6 is 23.4 Å². The Balaban J connectivity index is 2.02. The maximum Gasteiger partial charge on any atom is 0.161 e. The Labute approximate surface area is 122 Å². The van der Waals surface area contributed by atoms with Crippen molar-refractivity contribution in [1.82, 2.24) is 0 Å². The average Bonchev–Trinajstić information content (AvgIpc) is 2.84. The van der Waals surface area contributed by atoms with E-state index in [4.69, 9.17) is 11.6 Å². The molecule has 0 spiro atoms. The van der Waals surface area contributed by atoms with E-state index < -0.39 is 0 Å². The summed E-state index contributed by atoms with van der Waals surface area (Å²) < 4.78 is 13.7. The molecule has 2 nitrogen and oxygen atoms in total. The van der Waals surface area contributed by atoms with Crippen molar-refractivity contribution < 1.29 is 4.39 Å². The monoisotopic (exact) mass is 300 g/mol. The van der Waals surface area contributed by atoms with Crippen molar-refractivity contribution >= 4 is 34.2 Å². The van der Waals surface area contributed by atoms with Crippen LogP contribution in [0.3, 0.4) is 0 Å². The molecule has 1 aromatic rings. The molecular formula is C14H18ClFN2S. The highest BCUT2D eigenvalue weighted by Gasteiger charge is 2.26. The first-order valence-electron chi connectivity index (χ1n) is 6.57. The molecule has 1 aliphatic rings. The third kappa shape index (κ3) is 3.42. The van der Waals surface area contributed by atoms with Crippen molar-refractivity contribution in [2.24, 2.45) is 10.9 Å². The van der Waals surface area contributed by atoms with Gasteiger partial charge in [-0.25, -0.2) is 4.39 Å². The van der Waals surface area contributed by atoms with Gasteiger partial charge in [0.15, 0.2) is 5.17 Å². The number of para-hydroxylation sites is 1. The second-order valence-corrected chi connectivity index (χ2v) is 6.24. The van der Waals surface area contributed by atoms with Crippen molar-refractivity contribution in [2.45, 2.75) is 31.9 Å². The molecule has 0 bridgehead atoms. The van der Waals surface area contributed by atoms with Crippen LogP contribution in [0.1, 0.15) is 26.7 Å². The molecule has 1 N–H and O–H groups in total. The molecular weight excluding hydrogens is 283 g/mol. The van der Waals surface area contributed by atoms with Crippen molar-refractivity contribution in [3.8, 4) is 0 Å². The van der Waals surface area contributed by atoms with Crippen LogP contribution in [0.15, 0.2) is 23.2 Å². The fourth-order valence-corrected chi connectivity index (χ4v) is 3.78. The Bertz CT molecular complexity index is 454. The Kier molecular flexibility index (Phi) is 5.11. The Hall–Kier alpha value is -0.740. The molecule has 0 aliphatic carbocycles. The van der Waals surface area contributed by atoms with Gasteiger partial charge in [-0.15, -0.1) is 0 Å². The van der Waals surface area contributed by atoms with Gasteiger partial charge in [0, 0.05) is 5.25 Å². The Morgan fingerprint density at radius 3 is 2.84 bits per heavy atom. The van der Waals surface area contributed by atoms with Gasteiger partial charge >= 0.3 is 0 Å². The standard InChI is InChI=1S/C14H18ClFN2S/c1-3-9(4-2)12-8-17-14(19-12)18-13-10(15)6-5-7-11(13)16/h5-7,9,12H,3-4,8H2,1-2H3,(H,17,18). The third-order valence-electron chi connectivity index (χ3n) is 3.45. The molecule has 2 rings (SSSR count). The van der Waals surface area contributed by atoms with Gasteiger partial charge in [0.2, 0.25) is 0 Å². The van der Waals surface area contributed by atoms with Crippen LogP contribution in [-0.2, 0) is 0 Å². The second-order valence-electron chi connectivity index (χ2n) is 4.60. The number of nitrogens with one attached hydrogen (secondary N) is 1. The zero-order valence-electron chi connectivity index (χ0n) is 11.1. The Morgan fingerprint density at radius 1 is 1.47 bits per heavy atom. The lowest BCUT2D eigenvalue weighted by atomic mass is 9.99. The van der Waals surface area contributed by atoms with Crippen LogP contribution in [0.4, 0.5) is 10.1 Å². The first-order chi connectivity index (χ1) is 9.15. The summed E-state index contributed by atoms with van der Waals surface area (Å²) in [5.74, 6) is 0.311. The predicted octanol–water partition coefficient (Wildman–Crippen LogP) is 4.80. The van der Waals surface area contributed by atoms with Crippen LogP contribution < -0.4 is 5.32 Å². The number of rotatable bonds is 4. The van der Waals surface area contributed by atoms with Crippen LogP contribution in [0.25, 0.3) is 0 Å². The number of halogens is 2. The predicted molar refractivity (Wildman–Crippen MR) is 82.8 cm³/mol. The number of benzene rings is 1. The molecule has 0 saturated carbocycles. The van der Waals surface area contributed by atoms with Gasteiger partial charge in [-0.1, -0.05) is 56.1 Å². The van der Waals surface area contributed by atoms with Crippen molar-refractivity contribution in [3.05, 3.63) is 29.0 Å². The normalized spacial score (nSPS) is 18.8. The minimum absolute atomic E-state index is 0.320. The molecule has 1 aromatic carbocycles. The largest absolute Gasteiger partial charge is 0.331 e. The molecule has 0 saturated heterocycles. The third-order valence-corrected chi connectivity index (χ3v) is 5.05. The topological polar surface area (TPSA) is 24.4 Å². The molecule has 1 aliphatic heterocycles. The van der Waals surface area contributed by atoms with Crippen molar-refractivity contribution in [3.63, 3.8) is 0 Å². The summed E-state index contributed by atoms with van der Waals surface area (Å²) in [6.07, 6.45) is 2.30. The van der Waals surface area contributed by atoms with E-state index in [1.54, 1.807) is 23.9 Å². The van der Waals surface area contributed by atoms with E-state index in [1.165, 1.54) is 6.07 Å². The van der Waals surface area contributed by atoms with E-state index in [0.717, 1.165) is 24.6 Å². The van der Waals surface area contributed by atoms with Gasteiger partial charge in [-0.3, -0.25) is 4.99 Å². The smallest absolute Gasteiger partial charge is 0.161 e. The summed E-state index contributed by atoms with van der Waals surface area (Å²) in [7, 11) is 0. The zero-order chi connectivity index (χ0) is 13.8. The number of amidine groups is 1. The second kappa shape index (κ2) is 6.62. The maximum atomic E-state index is 13.7. The van der Waals surface area contributed by atoms with Crippen molar-refractivity contribution in [2.75, 3.05) is 11.9 Å². The van der Waals surface area contributed by atoms with Gasteiger partial charge in [0.05, 0.1) is 17.3 Å². The minimum Gasteiger partial charge on any atom is -0.331 e. The molecule has 0 fully saturated rings. The number of thioether (sulfide) groups is 1. The molecule has 1 unspecified atom stereocenters. The highest BCUT2D eigenvalue weighted by molar-refractivity contribution is 8.15. The van der Waals surface area contributed by atoms with E-state index in [0.29, 0.717) is 21.9 Å². The van der Waals surface area contributed by atoms with E-state index in [2.05, 4.69) is 24.2 Å². The lowest BCUT2D eigenvalue weighted by Gasteiger charge is -2.18. The maximum absolute atomic E-state index is 13.7. The number of anilines is 1. The summed E-state index contributed by atoms with van der Waals surface area (Å²) in [5.41, 5.74) is 0.320. The summed E-state index contributed by atoms with van der Waals surface area (Å²) in [4.78, 5) is 4.45. The fraction of sp³-hybridized carbons (Fsp3) is 0.500. The average molecular weight is 301 g/mol. The van der Waals surface area contributed by atoms with Gasteiger partial charge in [0.25, 0.3) is 0 Å². The molecule has 0 radical (unpaired) electrons. The van der Waals surface area contributed by atoms with Crippen LogP contribution in [-0.4, -0.2) is 17.0 Å². The first kappa shape index (κ1) is 14.7. The molecule has 1 heterocycles. The summed E-state index contributed by atoms with van der Waals surface area (Å²) in [5, 5.41) is 4.66. The quantitative estimate of drug-likeness (QED) is 0.864. The van der Waals surface area contributed by atoms with Crippen LogP contribution in [0.2, 0.25) is 5.02 Å². The molecule has 1 atom stereocenters. The number of hydrogen-bond acceptors (Lipinski definition) is 3. The van der Waals surface area contributed by atoms with E-state index in [9.17, 15) is 4.39 Å². The molecule has 5 heteroatoms. The molecule has 0 aromatic heterocycles. The van der Waals surface area contributed by atoms with E-state index in [1.807, 2.05) is 0 Å². The number of hydrogen-bond donors (Lipinski definition) is 1. The molecule has 0 amide bonds. The fourth-order valence-electron chi connectivity index (χ4n) is 2.24. The molecule has 19 heavy (non-hydrogen) atoms. The summed E-state index contributed by atoms with van der Waals surface area (Å²) in [6, 6.07) is 4.66.